The Morgan fingerprint density at radius 3 is 2.48 bits per heavy atom. The lowest BCUT2D eigenvalue weighted by molar-refractivity contribution is -0.127. The summed E-state index contributed by atoms with van der Waals surface area (Å²) in [5.74, 6) is 0.311. The average Bonchev–Trinajstić information content (AvgIpc) is 3.09. The molecule has 0 spiro atoms. The number of hydrogen-bond donors (Lipinski definition) is 0. The molecule has 0 fully saturated rings. The molecule has 1 aromatic carbocycles. The van der Waals surface area contributed by atoms with Crippen molar-refractivity contribution >= 4 is 39.2 Å². The quantitative estimate of drug-likeness (QED) is 0.462. The molecule has 3 rings (SSSR count). The molecule has 2 aromatic heterocycles. The minimum atomic E-state index is -0.0854. The summed E-state index contributed by atoms with van der Waals surface area (Å²) in [5, 5.41) is 2.43. The Balaban J connectivity index is 2.08. The molecule has 0 bridgehead atoms. The molecule has 0 aliphatic heterocycles. The summed E-state index contributed by atoms with van der Waals surface area (Å²) in [6.45, 7) is 9.30. The van der Waals surface area contributed by atoms with Crippen LogP contribution in [0.5, 0.6) is 0 Å². The number of aryl methyl sites for hydroxylation is 2. The number of rotatable bonds is 6. The summed E-state index contributed by atoms with van der Waals surface area (Å²) in [6.07, 6.45) is 0. The van der Waals surface area contributed by atoms with E-state index in [4.69, 9.17) is 0 Å². The first-order chi connectivity index (χ1) is 12.9. The van der Waals surface area contributed by atoms with E-state index >= 15 is 0 Å². The maximum Gasteiger partial charge on any atom is 0.276 e. The minimum Gasteiger partial charge on any atom is -0.343 e. The number of amides is 1. The van der Waals surface area contributed by atoms with Crippen molar-refractivity contribution < 1.29 is 4.79 Å². The van der Waals surface area contributed by atoms with Gasteiger partial charge in [0, 0.05) is 13.1 Å². The highest BCUT2D eigenvalue weighted by Crippen LogP contribution is 2.25. The molecule has 0 aliphatic carbocycles. The predicted octanol–water partition coefficient (Wildman–Crippen LogP) is 4.02. The third kappa shape index (κ3) is 4.09. The highest BCUT2D eigenvalue weighted by Gasteiger charge is 2.17. The fourth-order valence-electron chi connectivity index (χ4n) is 3.09. The lowest BCUT2D eigenvalue weighted by Crippen LogP contribution is -2.32. The highest BCUT2D eigenvalue weighted by molar-refractivity contribution is 7.99. The summed E-state index contributed by atoms with van der Waals surface area (Å²) < 4.78 is 2.27. The predicted molar refractivity (Wildman–Crippen MR) is 113 cm³/mol. The van der Waals surface area contributed by atoms with Crippen molar-refractivity contribution in [2.75, 3.05) is 18.8 Å². The number of thiophene rings is 1. The van der Waals surface area contributed by atoms with E-state index < -0.39 is 0 Å². The maximum atomic E-state index is 13.1. The average molecular weight is 402 g/mol. The van der Waals surface area contributed by atoms with Gasteiger partial charge in [-0.1, -0.05) is 17.8 Å². The summed E-state index contributed by atoms with van der Waals surface area (Å²) >= 11 is 2.71. The van der Waals surface area contributed by atoms with Gasteiger partial charge in [0.05, 0.1) is 17.0 Å². The van der Waals surface area contributed by atoms with Gasteiger partial charge in [-0.3, -0.25) is 14.2 Å². The van der Waals surface area contributed by atoms with Crippen molar-refractivity contribution in [3.05, 3.63) is 51.1 Å². The lowest BCUT2D eigenvalue weighted by atomic mass is 10.1. The van der Waals surface area contributed by atoms with E-state index in [1.165, 1.54) is 23.1 Å². The van der Waals surface area contributed by atoms with Crippen molar-refractivity contribution in [2.24, 2.45) is 0 Å². The van der Waals surface area contributed by atoms with Crippen molar-refractivity contribution in [1.29, 1.82) is 0 Å². The molecule has 0 unspecified atom stereocenters. The van der Waals surface area contributed by atoms with Gasteiger partial charge in [0.1, 0.15) is 4.70 Å². The Morgan fingerprint density at radius 1 is 1.19 bits per heavy atom. The van der Waals surface area contributed by atoms with Crippen molar-refractivity contribution in [3.8, 4) is 5.69 Å². The molecular weight excluding hydrogens is 378 g/mol. The van der Waals surface area contributed by atoms with Gasteiger partial charge in [0.2, 0.25) is 5.91 Å². The molecule has 0 aliphatic rings. The number of nitrogens with zero attached hydrogens (tertiary/aromatic N) is 3. The molecule has 1 amide bonds. The number of thioether (sulfide) groups is 1. The van der Waals surface area contributed by atoms with Crippen LogP contribution in [0, 0.1) is 13.8 Å². The van der Waals surface area contributed by atoms with Crippen LogP contribution in [-0.4, -0.2) is 39.2 Å². The van der Waals surface area contributed by atoms with Crippen LogP contribution >= 0.6 is 23.1 Å². The van der Waals surface area contributed by atoms with Crippen LogP contribution in [0.25, 0.3) is 15.9 Å². The second kappa shape index (κ2) is 8.27. The normalized spacial score (nSPS) is 11.1. The summed E-state index contributed by atoms with van der Waals surface area (Å²) in [7, 11) is 0. The Bertz CT molecular complexity index is 1020. The van der Waals surface area contributed by atoms with Gasteiger partial charge >= 0.3 is 0 Å². The number of benzene rings is 1. The van der Waals surface area contributed by atoms with Crippen LogP contribution < -0.4 is 5.56 Å². The molecule has 0 saturated heterocycles. The Kier molecular flexibility index (Phi) is 6.01. The Hall–Kier alpha value is -2.12. The van der Waals surface area contributed by atoms with Gasteiger partial charge in [0.25, 0.3) is 5.56 Å². The Morgan fingerprint density at radius 2 is 1.85 bits per heavy atom. The third-order valence-corrected chi connectivity index (χ3v) is 6.17. The van der Waals surface area contributed by atoms with E-state index in [1.807, 2.05) is 51.3 Å². The van der Waals surface area contributed by atoms with Gasteiger partial charge in [0.15, 0.2) is 5.16 Å². The molecule has 27 heavy (non-hydrogen) atoms. The van der Waals surface area contributed by atoms with E-state index in [9.17, 15) is 9.59 Å². The van der Waals surface area contributed by atoms with Gasteiger partial charge in [-0.15, -0.1) is 11.3 Å². The van der Waals surface area contributed by atoms with E-state index in [0.29, 0.717) is 28.5 Å². The zero-order valence-corrected chi connectivity index (χ0v) is 17.6. The van der Waals surface area contributed by atoms with E-state index in [2.05, 4.69) is 11.1 Å². The van der Waals surface area contributed by atoms with Gasteiger partial charge < -0.3 is 4.90 Å². The SMILES string of the molecule is CCN(CC)C(=O)CSc1nc2ccsc2c(=O)n1-c1cc(C)cc(C)c1. The fraction of sp³-hybridized carbons (Fsp3) is 0.350. The molecule has 0 saturated carbocycles. The van der Waals surface area contributed by atoms with Gasteiger partial charge in [-0.2, -0.15) is 0 Å². The van der Waals surface area contributed by atoms with E-state index in [0.717, 1.165) is 16.8 Å². The van der Waals surface area contributed by atoms with E-state index in [1.54, 1.807) is 9.47 Å². The largest absolute Gasteiger partial charge is 0.343 e. The Labute approximate surface area is 167 Å². The number of carbonyl (C=O) groups excluding carboxylic acids is 1. The van der Waals surface area contributed by atoms with Crippen molar-refractivity contribution in [1.82, 2.24) is 14.5 Å². The monoisotopic (exact) mass is 401 g/mol. The summed E-state index contributed by atoms with van der Waals surface area (Å²) in [5.41, 5.74) is 3.55. The number of carbonyl (C=O) groups is 1. The second-order valence-corrected chi connectivity index (χ2v) is 8.23. The number of fused-ring (bicyclic) bond motifs is 1. The zero-order chi connectivity index (χ0) is 19.6. The van der Waals surface area contributed by atoms with Crippen molar-refractivity contribution in [2.45, 2.75) is 32.9 Å². The van der Waals surface area contributed by atoms with Crippen LogP contribution in [-0.2, 0) is 4.79 Å². The first kappa shape index (κ1) is 19.6. The summed E-state index contributed by atoms with van der Waals surface area (Å²) in [4.78, 5) is 32.0. The highest BCUT2D eigenvalue weighted by atomic mass is 32.2. The lowest BCUT2D eigenvalue weighted by Gasteiger charge is -2.19. The standard InChI is InChI=1S/C20H23N3O2S2/c1-5-22(6-2)17(24)12-27-20-21-16-7-8-26-18(16)19(25)23(20)15-10-13(3)9-14(4)11-15/h7-11H,5-6,12H2,1-4H3. The second-order valence-electron chi connectivity index (χ2n) is 6.37. The molecule has 7 heteroatoms. The van der Waals surface area contributed by atoms with E-state index in [-0.39, 0.29) is 17.2 Å². The zero-order valence-electron chi connectivity index (χ0n) is 16.0. The molecular formula is C20H23N3O2S2. The van der Waals surface area contributed by atoms with Gasteiger partial charge in [-0.25, -0.2) is 4.98 Å². The number of hydrogen-bond acceptors (Lipinski definition) is 5. The maximum absolute atomic E-state index is 13.1. The molecule has 5 nitrogen and oxygen atoms in total. The topological polar surface area (TPSA) is 55.2 Å². The van der Waals surface area contributed by atoms with Crippen LogP contribution in [0.15, 0.2) is 39.6 Å². The van der Waals surface area contributed by atoms with Gasteiger partial charge in [-0.05, 0) is 62.4 Å². The van der Waals surface area contributed by atoms with Crippen LogP contribution in [0.4, 0.5) is 0 Å². The first-order valence-electron chi connectivity index (χ1n) is 8.94. The number of aromatic nitrogens is 2. The molecule has 3 aromatic rings. The minimum absolute atomic E-state index is 0.0524. The first-order valence-corrected chi connectivity index (χ1v) is 10.8. The smallest absolute Gasteiger partial charge is 0.276 e. The van der Waals surface area contributed by atoms with Crippen LogP contribution in [0.2, 0.25) is 0 Å². The molecule has 2 heterocycles. The third-order valence-electron chi connectivity index (χ3n) is 4.35. The summed E-state index contributed by atoms with van der Waals surface area (Å²) in [6, 6.07) is 7.88. The fourth-order valence-corrected chi connectivity index (χ4v) is 4.77. The van der Waals surface area contributed by atoms with Crippen LogP contribution in [0.1, 0.15) is 25.0 Å². The molecule has 0 N–H and O–H groups in total. The molecule has 0 atom stereocenters. The van der Waals surface area contributed by atoms with Crippen LogP contribution in [0.3, 0.4) is 0 Å². The van der Waals surface area contributed by atoms with Crippen molar-refractivity contribution in [3.63, 3.8) is 0 Å². The molecule has 0 radical (unpaired) electrons. The molecule has 142 valence electrons.